The number of rotatable bonds is 8. The molecule has 172 valence electrons. The van der Waals surface area contributed by atoms with E-state index in [4.69, 9.17) is 0 Å². The van der Waals surface area contributed by atoms with Crippen LogP contribution in [-0.2, 0) is 27.0 Å². The Morgan fingerprint density at radius 1 is 1.39 bits per heavy atom. The number of amides is 2. The van der Waals surface area contributed by atoms with E-state index in [2.05, 4.69) is 24.1 Å². The molecule has 2 amide bonds. The number of aryl methyl sites for hydroxylation is 1. The van der Waals surface area contributed by atoms with E-state index in [-0.39, 0.29) is 11.7 Å². The van der Waals surface area contributed by atoms with Crippen LogP contribution in [0.25, 0.3) is 0 Å². The molecule has 2 aromatic rings. The van der Waals surface area contributed by atoms with Crippen molar-refractivity contribution in [2.45, 2.75) is 59.2 Å². The van der Waals surface area contributed by atoms with Gasteiger partial charge in [-0.15, -0.1) is 11.3 Å². The lowest BCUT2D eigenvalue weighted by atomic mass is 9.96. The van der Waals surface area contributed by atoms with Crippen LogP contribution in [0, 0.1) is 0 Å². The van der Waals surface area contributed by atoms with Crippen molar-refractivity contribution < 1.29 is 27.6 Å². The molecule has 0 spiro atoms. The minimum absolute atomic E-state index is 0.00328. The van der Waals surface area contributed by atoms with Gasteiger partial charge in [0.2, 0.25) is 0 Å². The highest BCUT2D eigenvalue weighted by atomic mass is 32.2. The van der Waals surface area contributed by atoms with Gasteiger partial charge in [-0.3, -0.25) is 4.36 Å². The Labute approximate surface area is 185 Å². The molecule has 0 aliphatic carbocycles. The van der Waals surface area contributed by atoms with E-state index in [0.29, 0.717) is 33.2 Å². The first-order chi connectivity index (χ1) is 14.4. The molecule has 1 aromatic heterocycles. The molecule has 1 heterocycles. The summed E-state index contributed by atoms with van der Waals surface area (Å²) in [6.45, 7) is 5.67. The van der Waals surface area contributed by atoms with Crippen LogP contribution in [0.1, 0.15) is 56.7 Å². The zero-order valence-electron chi connectivity index (χ0n) is 17.7. The van der Waals surface area contributed by atoms with E-state index >= 15 is 0 Å². The molecule has 0 saturated carbocycles. The quantitative estimate of drug-likeness (QED) is 0.445. The van der Waals surface area contributed by atoms with Gasteiger partial charge in [0.1, 0.15) is 16.4 Å². The summed E-state index contributed by atoms with van der Waals surface area (Å²) >= 11 is 1.09. The summed E-state index contributed by atoms with van der Waals surface area (Å²) < 4.78 is 48.1. The number of alkyl halides is 2. The van der Waals surface area contributed by atoms with Crippen LogP contribution < -0.4 is 14.8 Å². The second-order valence-corrected chi connectivity index (χ2v) is 9.31. The molecular formula is C19H25F2N4O4S2-. The number of nitrogens with zero attached hydrogens (tertiary/aromatic N) is 2. The van der Waals surface area contributed by atoms with Gasteiger partial charge in [0.15, 0.2) is 0 Å². The predicted octanol–water partition coefficient (Wildman–Crippen LogP) is 5.36. The van der Waals surface area contributed by atoms with Crippen molar-refractivity contribution in [2.75, 3.05) is 10.0 Å². The summed E-state index contributed by atoms with van der Waals surface area (Å²) in [6, 6.07) is 2.01. The summed E-state index contributed by atoms with van der Waals surface area (Å²) in [6.07, 6.45) is 1.83. The maximum absolute atomic E-state index is 12.6. The van der Waals surface area contributed by atoms with E-state index in [1.54, 1.807) is 13.8 Å². The number of hydrogen-bond acceptors (Lipinski definition) is 7. The molecule has 8 nitrogen and oxygen atoms in total. The molecule has 0 fully saturated rings. The Morgan fingerprint density at radius 2 is 2.06 bits per heavy atom. The summed E-state index contributed by atoms with van der Waals surface area (Å²) in [4.78, 5) is 16.4. The lowest BCUT2D eigenvalue weighted by molar-refractivity contribution is -0.0499. The Balaban J connectivity index is 2.23. The second kappa shape index (κ2) is 10.3. The molecule has 12 heteroatoms. The first-order valence-corrected chi connectivity index (χ1v) is 11.3. The fourth-order valence-electron chi connectivity index (χ4n) is 2.67. The maximum Gasteiger partial charge on any atom is 0.387 e. The molecule has 0 radical (unpaired) electrons. The monoisotopic (exact) mass is 475 g/mol. The fourth-order valence-corrected chi connectivity index (χ4v) is 4.19. The summed E-state index contributed by atoms with van der Waals surface area (Å²) in [5.41, 5.74) is 0.452. The van der Waals surface area contributed by atoms with Gasteiger partial charge in [-0.25, -0.2) is 9.78 Å². The van der Waals surface area contributed by atoms with E-state index in [1.165, 1.54) is 18.3 Å². The van der Waals surface area contributed by atoms with E-state index in [9.17, 15) is 22.9 Å². The number of urea groups is 1. The number of ether oxygens (including phenoxy) is 1. The van der Waals surface area contributed by atoms with Crippen molar-refractivity contribution >= 4 is 38.8 Å². The third-order valence-electron chi connectivity index (χ3n) is 4.07. The molecule has 31 heavy (non-hydrogen) atoms. The lowest BCUT2D eigenvalue weighted by Crippen LogP contribution is -2.14. The molecule has 0 unspecified atom stereocenters. The van der Waals surface area contributed by atoms with Crippen LogP contribution in [0.3, 0.4) is 0 Å². The minimum atomic E-state index is -2.96. The standard InChI is InChI=1S/C19H25F2N4O4S2/c1-6-11-7-12(29-17(20)21)8-13(10(2)3)15(11)23-18(26)25-31(28)24-14-9-22-16(30-14)19(4,5)27/h7-10,17,27H,6H2,1-5H3,(H2,23,24,25,26,28)/q-1. The van der Waals surface area contributed by atoms with Crippen molar-refractivity contribution in [3.05, 3.63) is 34.5 Å². The zero-order chi connectivity index (χ0) is 23.3. The largest absolute Gasteiger partial charge is 0.435 e. The molecule has 0 atom stereocenters. The fraction of sp³-hybridized carbons (Fsp3) is 0.474. The number of benzene rings is 1. The van der Waals surface area contributed by atoms with Gasteiger partial charge in [0.05, 0.1) is 11.2 Å². The minimum Gasteiger partial charge on any atom is -0.435 e. The van der Waals surface area contributed by atoms with Crippen LogP contribution in [0.5, 0.6) is 5.75 Å². The third kappa shape index (κ3) is 7.11. The maximum atomic E-state index is 12.6. The van der Waals surface area contributed by atoms with Crippen molar-refractivity contribution in [3.8, 4) is 5.75 Å². The first-order valence-electron chi connectivity index (χ1n) is 9.42. The van der Waals surface area contributed by atoms with Crippen LogP contribution in [0.2, 0.25) is 0 Å². The normalized spacial score (nSPS) is 13.0. The number of hydrogen-bond donors (Lipinski definition) is 3. The highest BCUT2D eigenvalue weighted by molar-refractivity contribution is 7.76. The van der Waals surface area contributed by atoms with Gasteiger partial charge in [-0.05, 0) is 49.4 Å². The number of nitrogens with one attached hydrogen (secondary N) is 2. The smallest absolute Gasteiger partial charge is 0.387 e. The van der Waals surface area contributed by atoms with Gasteiger partial charge in [0.25, 0.3) is 0 Å². The second-order valence-electron chi connectivity index (χ2n) is 7.39. The van der Waals surface area contributed by atoms with Crippen LogP contribution in [-0.4, -0.2) is 22.7 Å². The predicted molar refractivity (Wildman–Crippen MR) is 117 cm³/mol. The Hall–Kier alpha value is -2.31. The van der Waals surface area contributed by atoms with Crippen molar-refractivity contribution in [1.82, 2.24) is 4.98 Å². The molecule has 3 N–H and O–H groups in total. The van der Waals surface area contributed by atoms with Gasteiger partial charge in [0, 0.05) is 5.69 Å². The summed E-state index contributed by atoms with van der Waals surface area (Å²) in [5, 5.41) is 13.3. The van der Waals surface area contributed by atoms with Gasteiger partial charge < -0.3 is 24.1 Å². The number of halogens is 2. The van der Waals surface area contributed by atoms with Gasteiger partial charge >= 0.3 is 12.6 Å². The average Bonchev–Trinajstić information content (AvgIpc) is 3.10. The van der Waals surface area contributed by atoms with Crippen LogP contribution >= 0.6 is 11.3 Å². The molecule has 0 aliphatic heterocycles. The molecule has 1 aromatic carbocycles. The van der Waals surface area contributed by atoms with Crippen LogP contribution in [0.15, 0.2) is 22.7 Å². The number of aromatic nitrogens is 1. The Bertz CT molecular complexity index is 1010. The lowest BCUT2D eigenvalue weighted by Gasteiger charge is -2.19. The van der Waals surface area contributed by atoms with E-state index in [1.807, 2.05) is 20.8 Å². The molecule has 2 rings (SSSR count). The van der Waals surface area contributed by atoms with Crippen molar-refractivity contribution in [3.63, 3.8) is 0 Å². The number of thiazole rings is 1. The van der Waals surface area contributed by atoms with Crippen molar-refractivity contribution in [2.24, 2.45) is 4.36 Å². The van der Waals surface area contributed by atoms with Gasteiger partial charge in [-0.2, -0.15) is 8.78 Å². The SMILES string of the molecule is CCc1cc(OC(F)F)cc(C(C)C)c1NC(=O)N=[S-](=O)Nc1cnc(C(C)(C)O)s1. The highest BCUT2D eigenvalue weighted by Crippen LogP contribution is 2.34. The number of carbonyl (C=O) groups excluding carboxylic acids is 1. The Morgan fingerprint density at radius 3 is 2.58 bits per heavy atom. The Kier molecular flexibility index (Phi) is 8.32. The molecular weight excluding hydrogens is 450 g/mol. The number of carbonyl (C=O) groups is 1. The number of aliphatic hydroxyl groups is 1. The number of anilines is 2. The third-order valence-corrected chi connectivity index (χ3v) is 6.15. The van der Waals surface area contributed by atoms with E-state index in [0.717, 1.165) is 11.3 Å². The topological polar surface area (TPSA) is 113 Å². The van der Waals surface area contributed by atoms with Gasteiger partial charge in [-0.1, -0.05) is 31.6 Å². The first kappa shape index (κ1) is 25.0. The molecule has 0 aliphatic rings. The van der Waals surface area contributed by atoms with E-state index < -0.39 is 29.0 Å². The molecule has 0 bridgehead atoms. The van der Waals surface area contributed by atoms with Crippen molar-refractivity contribution in [1.29, 1.82) is 0 Å². The highest BCUT2D eigenvalue weighted by Gasteiger charge is 2.20. The van der Waals surface area contributed by atoms with Crippen LogP contribution in [0.4, 0.5) is 24.3 Å². The average molecular weight is 476 g/mol. The zero-order valence-corrected chi connectivity index (χ0v) is 19.4. The summed E-state index contributed by atoms with van der Waals surface area (Å²) in [5.74, 6) is -0.105. The summed E-state index contributed by atoms with van der Waals surface area (Å²) in [7, 11) is -2.10. The molecule has 0 saturated heterocycles.